The highest BCUT2D eigenvalue weighted by atomic mass is 14.9. The number of rotatable bonds is 2. The van der Waals surface area contributed by atoms with E-state index in [2.05, 4.69) is 25.8 Å². The molecule has 0 heterocycles. The van der Waals surface area contributed by atoms with Crippen LogP contribution in [0.2, 0.25) is 0 Å². The van der Waals surface area contributed by atoms with Crippen molar-refractivity contribution in [2.75, 3.05) is 0 Å². The fourth-order valence-corrected chi connectivity index (χ4v) is 1.96. The number of aliphatic imine (C=N–C) groups is 1. The molecule has 2 nitrogen and oxygen atoms in total. The molecule has 1 rings (SSSR count). The summed E-state index contributed by atoms with van der Waals surface area (Å²) in [7, 11) is 0. The number of amidine groups is 1. The lowest BCUT2D eigenvalue weighted by Crippen LogP contribution is -2.22. The van der Waals surface area contributed by atoms with Crippen LogP contribution in [0.25, 0.3) is 0 Å². The summed E-state index contributed by atoms with van der Waals surface area (Å²) in [6.45, 7) is 6.56. The zero-order chi connectivity index (χ0) is 10.6. The maximum atomic E-state index is 5.88. The van der Waals surface area contributed by atoms with Gasteiger partial charge in [-0.1, -0.05) is 33.6 Å². The molecule has 1 aliphatic carbocycles. The van der Waals surface area contributed by atoms with Crippen molar-refractivity contribution in [3.05, 3.63) is 0 Å². The van der Waals surface area contributed by atoms with Crippen LogP contribution >= 0.6 is 0 Å². The molecule has 0 bridgehead atoms. The third-order valence-corrected chi connectivity index (χ3v) is 3.15. The van der Waals surface area contributed by atoms with Crippen LogP contribution in [0.15, 0.2) is 4.99 Å². The summed E-state index contributed by atoms with van der Waals surface area (Å²) in [4.78, 5) is 4.62. The van der Waals surface area contributed by atoms with E-state index in [1.165, 1.54) is 32.1 Å². The molecule has 2 N–H and O–H groups in total. The summed E-state index contributed by atoms with van der Waals surface area (Å²) in [6, 6.07) is 0.502. The van der Waals surface area contributed by atoms with Gasteiger partial charge in [0.25, 0.3) is 0 Å². The van der Waals surface area contributed by atoms with Crippen LogP contribution in [0, 0.1) is 11.8 Å². The Bertz CT molecular complexity index is 196. The Kier molecular flexibility index (Phi) is 4.43. The molecule has 0 spiro atoms. The fourth-order valence-electron chi connectivity index (χ4n) is 1.96. The summed E-state index contributed by atoms with van der Waals surface area (Å²) in [6.07, 6.45) is 6.47. The van der Waals surface area contributed by atoms with Gasteiger partial charge in [0, 0.05) is 5.92 Å². The van der Waals surface area contributed by atoms with Crippen LogP contribution in [-0.2, 0) is 0 Å². The summed E-state index contributed by atoms with van der Waals surface area (Å²) in [5.74, 6) is 2.12. The summed E-state index contributed by atoms with van der Waals surface area (Å²) < 4.78 is 0. The van der Waals surface area contributed by atoms with Gasteiger partial charge in [-0.2, -0.15) is 0 Å². The number of hydrogen-bond donors (Lipinski definition) is 1. The molecule has 0 aromatic carbocycles. The molecular formula is C12H24N2. The van der Waals surface area contributed by atoms with Crippen molar-refractivity contribution in [2.24, 2.45) is 22.6 Å². The van der Waals surface area contributed by atoms with Gasteiger partial charge in [-0.05, 0) is 25.2 Å². The fraction of sp³-hybridized carbons (Fsp3) is 0.917. The first-order valence-corrected chi connectivity index (χ1v) is 5.92. The van der Waals surface area contributed by atoms with Crippen molar-refractivity contribution in [2.45, 2.75) is 58.9 Å². The lowest BCUT2D eigenvalue weighted by Gasteiger charge is -2.12. The standard InChI is InChI=1S/C12H24N2/c1-9(2)12(13)14-11-6-4-5-10(3)7-8-11/h9-11H,4-8H2,1-3H3,(H2,13,14). The number of nitrogens with two attached hydrogens (primary N) is 1. The topological polar surface area (TPSA) is 38.4 Å². The molecule has 0 saturated heterocycles. The Morgan fingerprint density at radius 2 is 1.93 bits per heavy atom. The van der Waals surface area contributed by atoms with Gasteiger partial charge in [-0.25, -0.2) is 0 Å². The van der Waals surface area contributed by atoms with Crippen molar-refractivity contribution >= 4 is 5.84 Å². The Balaban J connectivity index is 2.48. The normalized spacial score (nSPS) is 30.4. The summed E-state index contributed by atoms with van der Waals surface area (Å²) in [5.41, 5.74) is 5.88. The largest absolute Gasteiger partial charge is 0.387 e. The Hall–Kier alpha value is -0.530. The van der Waals surface area contributed by atoms with E-state index in [4.69, 9.17) is 5.73 Å². The molecule has 1 fully saturated rings. The zero-order valence-electron chi connectivity index (χ0n) is 9.79. The minimum atomic E-state index is 0.399. The molecular weight excluding hydrogens is 172 g/mol. The van der Waals surface area contributed by atoms with E-state index < -0.39 is 0 Å². The van der Waals surface area contributed by atoms with Crippen LogP contribution in [0.4, 0.5) is 0 Å². The Morgan fingerprint density at radius 1 is 1.21 bits per heavy atom. The molecule has 82 valence electrons. The molecule has 14 heavy (non-hydrogen) atoms. The van der Waals surface area contributed by atoms with Crippen molar-refractivity contribution in [3.8, 4) is 0 Å². The number of hydrogen-bond acceptors (Lipinski definition) is 1. The van der Waals surface area contributed by atoms with Gasteiger partial charge in [0.1, 0.15) is 0 Å². The smallest absolute Gasteiger partial charge is 0.0966 e. The highest BCUT2D eigenvalue weighted by Crippen LogP contribution is 2.24. The first-order chi connectivity index (χ1) is 6.59. The summed E-state index contributed by atoms with van der Waals surface area (Å²) >= 11 is 0. The van der Waals surface area contributed by atoms with E-state index in [0.717, 1.165) is 11.8 Å². The molecule has 0 amide bonds. The van der Waals surface area contributed by atoms with Gasteiger partial charge < -0.3 is 5.73 Å². The van der Waals surface area contributed by atoms with E-state index in [1.54, 1.807) is 0 Å². The molecule has 2 heteroatoms. The van der Waals surface area contributed by atoms with E-state index in [0.29, 0.717) is 12.0 Å². The molecule has 1 saturated carbocycles. The maximum Gasteiger partial charge on any atom is 0.0966 e. The van der Waals surface area contributed by atoms with Gasteiger partial charge in [0.15, 0.2) is 0 Å². The van der Waals surface area contributed by atoms with Crippen LogP contribution in [0.1, 0.15) is 52.9 Å². The third-order valence-electron chi connectivity index (χ3n) is 3.15. The van der Waals surface area contributed by atoms with E-state index >= 15 is 0 Å². The molecule has 2 unspecified atom stereocenters. The molecule has 0 aliphatic heterocycles. The highest BCUT2D eigenvalue weighted by Gasteiger charge is 2.15. The SMILES string of the molecule is CC1CCCC(N=C(N)C(C)C)CC1. The van der Waals surface area contributed by atoms with Crippen LogP contribution in [-0.4, -0.2) is 11.9 Å². The van der Waals surface area contributed by atoms with Gasteiger partial charge in [0.2, 0.25) is 0 Å². The second kappa shape index (κ2) is 5.38. The quantitative estimate of drug-likeness (QED) is 0.411. The van der Waals surface area contributed by atoms with Crippen LogP contribution < -0.4 is 5.73 Å². The van der Waals surface area contributed by atoms with Gasteiger partial charge >= 0.3 is 0 Å². The number of nitrogens with zero attached hydrogens (tertiary/aromatic N) is 1. The Labute approximate surface area is 88.0 Å². The molecule has 1 aliphatic rings. The minimum absolute atomic E-state index is 0.399. The van der Waals surface area contributed by atoms with Crippen molar-refractivity contribution in [3.63, 3.8) is 0 Å². The second-order valence-electron chi connectivity index (χ2n) is 4.98. The second-order valence-corrected chi connectivity index (χ2v) is 4.98. The van der Waals surface area contributed by atoms with Crippen LogP contribution in [0.3, 0.4) is 0 Å². The molecule has 2 atom stereocenters. The average molecular weight is 196 g/mol. The predicted octanol–water partition coefficient (Wildman–Crippen LogP) is 2.97. The monoisotopic (exact) mass is 196 g/mol. The first-order valence-electron chi connectivity index (χ1n) is 5.92. The van der Waals surface area contributed by atoms with Crippen molar-refractivity contribution < 1.29 is 0 Å². The molecule has 0 aromatic rings. The minimum Gasteiger partial charge on any atom is -0.387 e. The van der Waals surface area contributed by atoms with E-state index in [9.17, 15) is 0 Å². The lowest BCUT2D eigenvalue weighted by atomic mass is 10.0. The van der Waals surface area contributed by atoms with Gasteiger partial charge in [0.05, 0.1) is 11.9 Å². The maximum absolute atomic E-state index is 5.88. The first kappa shape index (κ1) is 11.5. The van der Waals surface area contributed by atoms with Gasteiger partial charge in [-0.3, -0.25) is 4.99 Å². The molecule has 0 radical (unpaired) electrons. The third kappa shape index (κ3) is 3.69. The summed E-state index contributed by atoms with van der Waals surface area (Å²) in [5, 5.41) is 0. The Morgan fingerprint density at radius 3 is 2.57 bits per heavy atom. The van der Waals surface area contributed by atoms with E-state index in [-0.39, 0.29) is 0 Å². The zero-order valence-corrected chi connectivity index (χ0v) is 9.79. The van der Waals surface area contributed by atoms with Crippen molar-refractivity contribution in [1.82, 2.24) is 0 Å². The van der Waals surface area contributed by atoms with E-state index in [1.807, 2.05) is 0 Å². The predicted molar refractivity (Wildman–Crippen MR) is 62.5 cm³/mol. The van der Waals surface area contributed by atoms with Gasteiger partial charge in [-0.15, -0.1) is 0 Å². The average Bonchev–Trinajstić information content (AvgIpc) is 2.31. The van der Waals surface area contributed by atoms with Crippen LogP contribution in [0.5, 0.6) is 0 Å². The highest BCUT2D eigenvalue weighted by molar-refractivity contribution is 5.82. The van der Waals surface area contributed by atoms with Crippen molar-refractivity contribution in [1.29, 1.82) is 0 Å². The molecule has 0 aromatic heterocycles. The lowest BCUT2D eigenvalue weighted by molar-refractivity contribution is 0.499.